The maximum Gasteiger partial charge on any atom is 0.0285 e. The van der Waals surface area contributed by atoms with Gasteiger partial charge >= 0.3 is 0 Å². The Hall–Kier alpha value is -0.850. The molecule has 0 aromatic rings. The van der Waals surface area contributed by atoms with Crippen LogP contribution in [0.3, 0.4) is 0 Å². The van der Waals surface area contributed by atoms with Crippen LogP contribution in [0.2, 0.25) is 0 Å². The Morgan fingerprint density at radius 3 is 1.90 bits per heavy atom. The molecule has 0 saturated carbocycles. The average molecular weight is 137 g/mol. The average Bonchev–Trinajstić information content (AvgIpc) is 1.85. The SMILES string of the molecule is C/C=C(C)\C(C)=C/C(C)=N. The van der Waals surface area contributed by atoms with Gasteiger partial charge in [-0.05, 0) is 39.3 Å². The minimum Gasteiger partial charge on any atom is -0.306 e. The highest BCUT2D eigenvalue weighted by Crippen LogP contribution is 2.06. The van der Waals surface area contributed by atoms with E-state index >= 15 is 0 Å². The standard InChI is InChI=1S/C9H15N/c1-5-7(2)8(3)6-9(4)10/h5-6,10H,1-4H3/b7-5-,8-6-,10-9?. The number of allylic oxidation sites excluding steroid dienone is 4. The number of hydrogen-bond donors (Lipinski definition) is 1. The Balaban J connectivity index is 4.35. The molecule has 0 aliphatic carbocycles. The van der Waals surface area contributed by atoms with Gasteiger partial charge in [-0.25, -0.2) is 0 Å². The first-order valence-corrected chi connectivity index (χ1v) is 3.44. The van der Waals surface area contributed by atoms with Crippen molar-refractivity contribution in [2.75, 3.05) is 0 Å². The van der Waals surface area contributed by atoms with Crippen LogP contribution in [0.25, 0.3) is 0 Å². The van der Waals surface area contributed by atoms with Crippen LogP contribution >= 0.6 is 0 Å². The Morgan fingerprint density at radius 2 is 1.60 bits per heavy atom. The lowest BCUT2D eigenvalue weighted by molar-refractivity contribution is 1.32. The summed E-state index contributed by atoms with van der Waals surface area (Å²) in [5, 5.41) is 7.19. The smallest absolute Gasteiger partial charge is 0.0285 e. The normalized spacial score (nSPS) is 13.6. The van der Waals surface area contributed by atoms with Gasteiger partial charge in [0.25, 0.3) is 0 Å². The molecule has 0 aromatic heterocycles. The first kappa shape index (κ1) is 9.15. The molecule has 1 nitrogen and oxygen atoms in total. The summed E-state index contributed by atoms with van der Waals surface area (Å²) in [4.78, 5) is 0. The van der Waals surface area contributed by atoms with Crippen LogP contribution in [0.1, 0.15) is 27.7 Å². The van der Waals surface area contributed by atoms with E-state index < -0.39 is 0 Å². The zero-order valence-electron chi connectivity index (χ0n) is 7.15. The van der Waals surface area contributed by atoms with E-state index in [1.54, 1.807) is 6.92 Å². The molecular formula is C9H15N. The molecule has 0 fully saturated rings. The molecule has 0 heterocycles. The zero-order chi connectivity index (χ0) is 8.15. The lowest BCUT2D eigenvalue weighted by Gasteiger charge is -1.98. The van der Waals surface area contributed by atoms with Gasteiger partial charge in [0, 0.05) is 5.71 Å². The van der Waals surface area contributed by atoms with Crippen molar-refractivity contribution in [2.24, 2.45) is 0 Å². The molecule has 0 aliphatic heterocycles. The summed E-state index contributed by atoms with van der Waals surface area (Å²) in [6.07, 6.45) is 3.92. The summed E-state index contributed by atoms with van der Waals surface area (Å²) < 4.78 is 0. The van der Waals surface area contributed by atoms with E-state index in [0.717, 1.165) is 0 Å². The van der Waals surface area contributed by atoms with Crippen LogP contribution in [-0.2, 0) is 0 Å². The largest absolute Gasteiger partial charge is 0.306 e. The summed E-state index contributed by atoms with van der Waals surface area (Å²) in [6, 6.07) is 0. The summed E-state index contributed by atoms with van der Waals surface area (Å²) in [5.41, 5.74) is 3.03. The van der Waals surface area contributed by atoms with Crippen LogP contribution in [-0.4, -0.2) is 5.71 Å². The monoisotopic (exact) mass is 137 g/mol. The van der Waals surface area contributed by atoms with E-state index in [-0.39, 0.29) is 0 Å². The molecule has 0 unspecified atom stereocenters. The van der Waals surface area contributed by atoms with Gasteiger partial charge in [-0.2, -0.15) is 0 Å². The van der Waals surface area contributed by atoms with Gasteiger partial charge in [0.15, 0.2) is 0 Å². The molecule has 0 saturated heterocycles. The van der Waals surface area contributed by atoms with Gasteiger partial charge in [-0.15, -0.1) is 0 Å². The van der Waals surface area contributed by atoms with Crippen LogP contribution in [0.15, 0.2) is 23.3 Å². The number of rotatable bonds is 2. The van der Waals surface area contributed by atoms with Crippen molar-refractivity contribution in [2.45, 2.75) is 27.7 Å². The van der Waals surface area contributed by atoms with Crippen molar-refractivity contribution in [3.8, 4) is 0 Å². The van der Waals surface area contributed by atoms with Crippen molar-refractivity contribution < 1.29 is 0 Å². The molecule has 0 spiro atoms. The van der Waals surface area contributed by atoms with Crippen molar-refractivity contribution in [3.63, 3.8) is 0 Å². The molecule has 0 aromatic carbocycles. The van der Waals surface area contributed by atoms with Gasteiger partial charge in [0.05, 0.1) is 0 Å². The van der Waals surface area contributed by atoms with Crippen LogP contribution in [0.4, 0.5) is 0 Å². The summed E-state index contributed by atoms with van der Waals surface area (Å²) in [6.45, 7) is 7.86. The second-order valence-electron chi connectivity index (χ2n) is 2.48. The van der Waals surface area contributed by atoms with Crippen LogP contribution in [0.5, 0.6) is 0 Å². The highest BCUT2D eigenvalue weighted by atomic mass is 14.4. The first-order valence-electron chi connectivity index (χ1n) is 3.44. The van der Waals surface area contributed by atoms with Crippen molar-refractivity contribution in [3.05, 3.63) is 23.3 Å². The quantitative estimate of drug-likeness (QED) is 0.447. The second-order valence-corrected chi connectivity index (χ2v) is 2.48. The molecule has 10 heavy (non-hydrogen) atoms. The molecule has 0 atom stereocenters. The molecule has 0 bridgehead atoms. The van der Waals surface area contributed by atoms with E-state index in [4.69, 9.17) is 5.41 Å². The molecule has 56 valence electrons. The highest BCUT2D eigenvalue weighted by molar-refractivity contribution is 5.91. The lowest BCUT2D eigenvalue weighted by Crippen LogP contribution is -1.85. The minimum absolute atomic E-state index is 0.610. The minimum atomic E-state index is 0.610. The first-order chi connectivity index (χ1) is 4.57. The van der Waals surface area contributed by atoms with Gasteiger partial charge in [-0.1, -0.05) is 11.6 Å². The predicted octanol–water partition coefficient (Wildman–Crippen LogP) is 2.94. The third-order valence-electron chi connectivity index (χ3n) is 1.49. The third-order valence-corrected chi connectivity index (χ3v) is 1.49. The molecule has 0 aliphatic rings. The van der Waals surface area contributed by atoms with E-state index in [0.29, 0.717) is 5.71 Å². The van der Waals surface area contributed by atoms with Crippen LogP contribution < -0.4 is 0 Å². The van der Waals surface area contributed by atoms with Crippen molar-refractivity contribution in [1.82, 2.24) is 0 Å². The molecular weight excluding hydrogens is 122 g/mol. The molecule has 0 radical (unpaired) electrons. The maximum absolute atomic E-state index is 7.19. The predicted molar refractivity (Wildman–Crippen MR) is 46.6 cm³/mol. The number of nitrogens with one attached hydrogen (secondary N) is 1. The van der Waals surface area contributed by atoms with Crippen molar-refractivity contribution >= 4 is 5.71 Å². The zero-order valence-corrected chi connectivity index (χ0v) is 7.15. The van der Waals surface area contributed by atoms with Gasteiger partial charge in [0.2, 0.25) is 0 Å². The van der Waals surface area contributed by atoms with Gasteiger partial charge < -0.3 is 5.41 Å². The van der Waals surface area contributed by atoms with Crippen molar-refractivity contribution in [1.29, 1.82) is 5.41 Å². The number of hydrogen-bond acceptors (Lipinski definition) is 1. The molecule has 0 rings (SSSR count). The fourth-order valence-corrected chi connectivity index (χ4v) is 0.666. The molecule has 1 heteroatoms. The Labute approximate surface area is 63.0 Å². The van der Waals surface area contributed by atoms with E-state index in [1.165, 1.54) is 11.1 Å². The van der Waals surface area contributed by atoms with Gasteiger partial charge in [0.1, 0.15) is 0 Å². The molecule has 0 amide bonds. The third kappa shape index (κ3) is 3.23. The van der Waals surface area contributed by atoms with Crippen LogP contribution in [0, 0.1) is 5.41 Å². The fourth-order valence-electron chi connectivity index (χ4n) is 0.666. The van der Waals surface area contributed by atoms with E-state index in [2.05, 4.69) is 13.0 Å². The lowest BCUT2D eigenvalue weighted by atomic mass is 10.1. The van der Waals surface area contributed by atoms with E-state index in [9.17, 15) is 0 Å². The second kappa shape index (κ2) is 4.04. The Morgan fingerprint density at radius 1 is 1.10 bits per heavy atom. The topological polar surface area (TPSA) is 23.9 Å². The fraction of sp³-hybridized carbons (Fsp3) is 0.444. The Bertz CT molecular complexity index is 185. The van der Waals surface area contributed by atoms with Gasteiger partial charge in [-0.3, -0.25) is 0 Å². The summed E-state index contributed by atoms with van der Waals surface area (Å²) in [7, 11) is 0. The summed E-state index contributed by atoms with van der Waals surface area (Å²) >= 11 is 0. The highest BCUT2D eigenvalue weighted by Gasteiger charge is 1.89. The maximum atomic E-state index is 7.19. The van der Waals surface area contributed by atoms with E-state index in [1.807, 2.05) is 19.9 Å². The molecule has 1 N–H and O–H groups in total. The Kier molecular flexibility index (Phi) is 3.70. The summed E-state index contributed by atoms with van der Waals surface area (Å²) in [5.74, 6) is 0.